The number of anilines is 1. The van der Waals surface area contributed by atoms with Gasteiger partial charge in [0.05, 0.1) is 31.9 Å². The Balaban J connectivity index is 1.47. The lowest BCUT2D eigenvalue weighted by atomic mass is 10.0. The summed E-state index contributed by atoms with van der Waals surface area (Å²) in [6.45, 7) is 4.67. The van der Waals surface area contributed by atoms with E-state index in [9.17, 15) is 4.39 Å². The zero-order chi connectivity index (χ0) is 16.5. The first kappa shape index (κ1) is 15.6. The maximum Gasteiger partial charge on any atom is 0.135 e. The molecule has 0 saturated carbocycles. The molecular formula is C18H23FN4O. The first-order valence-corrected chi connectivity index (χ1v) is 8.71. The van der Waals surface area contributed by atoms with Gasteiger partial charge >= 0.3 is 0 Å². The van der Waals surface area contributed by atoms with Gasteiger partial charge in [-0.2, -0.15) is 0 Å². The van der Waals surface area contributed by atoms with Crippen molar-refractivity contribution in [1.82, 2.24) is 15.0 Å². The molecule has 0 amide bonds. The van der Waals surface area contributed by atoms with Crippen molar-refractivity contribution >= 4 is 5.69 Å². The molecule has 1 aromatic heterocycles. The summed E-state index contributed by atoms with van der Waals surface area (Å²) in [6, 6.07) is 6.20. The molecule has 2 aromatic rings. The summed E-state index contributed by atoms with van der Waals surface area (Å²) in [4.78, 5) is 2.05. The SMILES string of the molecule is Cc1cc(N2CC(F)C2)ccc1-c1cn(CC2CCCCO2)nn1. The molecule has 128 valence electrons. The van der Waals surface area contributed by atoms with Crippen molar-refractivity contribution < 1.29 is 9.13 Å². The van der Waals surface area contributed by atoms with Crippen molar-refractivity contribution in [2.24, 2.45) is 0 Å². The zero-order valence-corrected chi connectivity index (χ0v) is 14.0. The lowest BCUT2D eigenvalue weighted by Gasteiger charge is -2.36. The molecule has 0 aliphatic carbocycles. The minimum Gasteiger partial charge on any atom is -0.376 e. The van der Waals surface area contributed by atoms with Gasteiger partial charge in [0, 0.05) is 17.9 Å². The predicted molar refractivity (Wildman–Crippen MR) is 90.9 cm³/mol. The van der Waals surface area contributed by atoms with Gasteiger partial charge in [-0.15, -0.1) is 5.10 Å². The van der Waals surface area contributed by atoms with Crippen molar-refractivity contribution in [3.8, 4) is 11.3 Å². The van der Waals surface area contributed by atoms with Crippen LogP contribution >= 0.6 is 0 Å². The molecule has 5 nitrogen and oxygen atoms in total. The monoisotopic (exact) mass is 330 g/mol. The van der Waals surface area contributed by atoms with E-state index in [-0.39, 0.29) is 6.10 Å². The van der Waals surface area contributed by atoms with Crippen LogP contribution in [-0.4, -0.2) is 47.0 Å². The van der Waals surface area contributed by atoms with Crippen LogP contribution in [0.25, 0.3) is 11.3 Å². The van der Waals surface area contributed by atoms with Gasteiger partial charge in [0.15, 0.2) is 0 Å². The van der Waals surface area contributed by atoms with E-state index in [1.54, 1.807) is 0 Å². The Hall–Kier alpha value is -1.95. The number of nitrogens with zero attached hydrogens (tertiary/aromatic N) is 4. The number of ether oxygens (including phenoxy) is 1. The second kappa shape index (κ2) is 6.51. The number of aryl methyl sites for hydroxylation is 1. The summed E-state index contributed by atoms with van der Waals surface area (Å²) < 4.78 is 20.7. The molecule has 2 aliphatic rings. The maximum absolute atomic E-state index is 13.0. The maximum atomic E-state index is 13.0. The normalized spacial score (nSPS) is 21.8. The largest absolute Gasteiger partial charge is 0.376 e. The number of hydrogen-bond donors (Lipinski definition) is 0. The average molecular weight is 330 g/mol. The molecule has 0 bridgehead atoms. The highest BCUT2D eigenvalue weighted by atomic mass is 19.1. The third-order valence-corrected chi connectivity index (χ3v) is 4.89. The second-order valence-electron chi connectivity index (χ2n) is 6.82. The van der Waals surface area contributed by atoms with E-state index in [1.807, 2.05) is 16.9 Å². The van der Waals surface area contributed by atoms with Gasteiger partial charge in [-0.3, -0.25) is 0 Å². The van der Waals surface area contributed by atoms with Crippen LogP contribution in [0.15, 0.2) is 24.4 Å². The Morgan fingerprint density at radius 2 is 2.17 bits per heavy atom. The first-order valence-electron chi connectivity index (χ1n) is 8.71. The molecule has 2 fully saturated rings. The molecule has 0 radical (unpaired) electrons. The summed E-state index contributed by atoms with van der Waals surface area (Å²) in [5.74, 6) is 0. The number of rotatable bonds is 4. The minimum atomic E-state index is -0.688. The second-order valence-corrected chi connectivity index (χ2v) is 6.82. The van der Waals surface area contributed by atoms with E-state index >= 15 is 0 Å². The van der Waals surface area contributed by atoms with E-state index in [0.29, 0.717) is 13.1 Å². The Morgan fingerprint density at radius 1 is 1.29 bits per heavy atom. The predicted octanol–water partition coefficient (Wildman–Crippen LogP) is 2.98. The fourth-order valence-corrected chi connectivity index (χ4v) is 3.44. The number of halogens is 1. The van der Waals surface area contributed by atoms with Crippen LogP contribution in [0.4, 0.5) is 10.1 Å². The van der Waals surface area contributed by atoms with Crippen LogP contribution < -0.4 is 4.90 Å². The van der Waals surface area contributed by atoms with Gasteiger partial charge in [0.1, 0.15) is 11.9 Å². The van der Waals surface area contributed by atoms with Crippen molar-refractivity contribution in [2.75, 3.05) is 24.6 Å². The smallest absolute Gasteiger partial charge is 0.135 e. The fourth-order valence-electron chi connectivity index (χ4n) is 3.44. The van der Waals surface area contributed by atoms with E-state index in [4.69, 9.17) is 4.74 Å². The molecule has 1 aromatic carbocycles. The summed E-state index contributed by atoms with van der Waals surface area (Å²) in [7, 11) is 0. The van der Waals surface area contributed by atoms with Crippen LogP contribution in [0, 0.1) is 6.92 Å². The minimum absolute atomic E-state index is 0.247. The van der Waals surface area contributed by atoms with Gasteiger partial charge in [0.2, 0.25) is 0 Å². The third-order valence-electron chi connectivity index (χ3n) is 4.89. The molecule has 2 aliphatic heterocycles. The quantitative estimate of drug-likeness (QED) is 0.864. The molecular weight excluding hydrogens is 307 g/mol. The van der Waals surface area contributed by atoms with Crippen LogP contribution in [0.2, 0.25) is 0 Å². The Kier molecular flexibility index (Phi) is 4.22. The number of aromatic nitrogens is 3. The number of benzene rings is 1. The highest BCUT2D eigenvalue weighted by molar-refractivity contribution is 5.67. The number of alkyl halides is 1. The third kappa shape index (κ3) is 3.15. The van der Waals surface area contributed by atoms with Gasteiger partial charge in [0.25, 0.3) is 0 Å². The molecule has 2 saturated heterocycles. The van der Waals surface area contributed by atoms with E-state index in [2.05, 4.69) is 34.3 Å². The Bertz CT molecular complexity index is 705. The van der Waals surface area contributed by atoms with Crippen LogP contribution in [0.3, 0.4) is 0 Å². The lowest BCUT2D eigenvalue weighted by molar-refractivity contribution is 0.00370. The molecule has 1 atom stereocenters. The fraction of sp³-hybridized carbons (Fsp3) is 0.556. The van der Waals surface area contributed by atoms with Crippen molar-refractivity contribution in [3.05, 3.63) is 30.0 Å². The van der Waals surface area contributed by atoms with Gasteiger partial charge in [-0.25, -0.2) is 9.07 Å². The van der Waals surface area contributed by atoms with E-state index < -0.39 is 6.17 Å². The van der Waals surface area contributed by atoms with Crippen LogP contribution in [0.1, 0.15) is 24.8 Å². The summed E-state index contributed by atoms with van der Waals surface area (Å²) in [5.41, 5.74) is 4.16. The zero-order valence-electron chi connectivity index (χ0n) is 14.0. The average Bonchev–Trinajstić information content (AvgIpc) is 3.01. The molecule has 0 spiro atoms. The summed E-state index contributed by atoms with van der Waals surface area (Å²) in [6.07, 6.45) is 5.02. The summed E-state index contributed by atoms with van der Waals surface area (Å²) in [5, 5.41) is 8.57. The van der Waals surface area contributed by atoms with E-state index in [0.717, 1.165) is 48.5 Å². The van der Waals surface area contributed by atoms with Gasteiger partial charge in [-0.1, -0.05) is 11.3 Å². The Morgan fingerprint density at radius 3 is 2.88 bits per heavy atom. The molecule has 1 unspecified atom stereocenters. The van der Waals surface area contributed by atoms with Crippen LogP contribution in [0.5, 0.6) is 0 Å². The highest BCUT2D eigenvalue weighted by Crippen LogP contribution is 2.29. The highest BCUT2D eigenvalue weighted by Gasteiger charge is 2.26. The van der Waals surface area contributed by atoms with Crippen molar-refractivity contribution in [1.29, 1.82) is 0 Å². The molecule has 3 heterocycles. The molecule has 24 heavy (non-hydrogen) atoms. The van der Waals surface area contributed by atoms with Crippen molar-refractivity contribution in [3.63, 3.8) is 0 Å². The lowest BCUT2D eigenvalue weighted by Crippen LogP contribution is -2.48. The molecule has 0 N–H and O–H groups in total. The Labute approximate surface area is 141 Å². The first-order chi connectivity index (χ1) is 11.7. The summed E-state index contributed by atoms with van der Waals surface area (Å²) >= 11 is 0. The number of hydrogen-bond acceptors (Lipinski definition) is 4. The van der Waals surface area contributed by atoms with Crippen molar-refractivity contribution in [2.45, 2.75) is 45.0 Å². The molecule has 4 rings (SSSR count). The molecule has 6 heteroatoms. The standard InChI is InChI=1S/C18H23FN4O/c1-13-8-15(22-9-14(19)10-22)5-6-17(13)18-12-23(21-20-18)11-16-4-2-3-7-24-16/h5-6,8,12,14,16H,2-4,7,9-11H2,1H3. The van der Waals surface area contributed by atoms with Gasteiger partial charge in [-0.05, 0) is 43.9 Å². The topological polar surface area (TPSA) is 43.2 Å². The van der Waals surface area contributed by atoms with Crippen LogP contribution in [-0.2, 0) is 11.3 Å². The van der Waals surface area contributed by atoms with Gasteiger partial charge < -0.3 is 9.64 Å². The van der Waals surface area contributed by atoms with E-state index in [1.165, 1.54) is 6.42 Å².